The summed E-state index contributed by atoms with van der Waals surface area (Å²) in [6.07, 6.45) is 5.63. The van der Waals surface area contributed by atoms with Gasteiger partial charge in [0.15, 0.2) is 5.82 Å². The Morgan fingerprint density at radius 1 is 1.19 bits per heavy atom. The molecule has 2 aromatic rings. The number of rotatable bonds is 0. The third-order valence-electron chi connectivity index (χ3n) is 5.08. The van der Waals surface area contributed by atoms with E-state index in [9.17, 15) is 4.79 Å². The van der Waals surface area contributed by atoms with Gasteiger partial charge in [-0.2, -0.15) is 5.10 Å². The first-order chi connectivity index (χ1) is 13.2. The number of carbonyl (C=O) groups is 1. The molecule has 1 aliphatic carbocycles. The van der Waals surface area contributed by atoms with E-state index >= 15 is 0 Å². The molecule has 1 aliphatic heterocycles. The van der Waals surface area contributed by atoms with Gasteiger partial charge in [0.05, 0.1) is 6.10 Å². The van der Waals surface area contributed by atoms with Crippen LogP contribution in [0, 0.1) is 0 Å². The number of aromatic amines is 1. The number of nitrogens with one attached hydrogen (secondary N) is 3. The Bertz CT molecular complexity index is 793. The van der Waals surface area contributed by atoms with E-state index in [4.69, 9.17) is 9.47 Å². The van der Waals surface area contributed by atoms with Crippen molar-refractivity contribution in [3.63, 3.8) is 0 Å². The highest BCUT2D eigenvalue weighted by atomic mass is 16.6. The number of hydrogen-bond donors (Lipinski definition) is 3. The average molecular weight is 371 g/mol. The van der Waals surface area contributed by atoms with Gasteiger partial charge >= 0.3 is 6.09 Å². The normalized spacial score (nSPS) is 26.0. The molecule has 3 N–H and O–H groups in total. The number of H-pyrrole nitrogens is 1. The molecule has 3 heterocycles. The Balaban J connectivity index is 1.53. The van der Waals surface area contributed by atoms with E-state index in [0.717, 1.165) is 49.3 Å². The van der Waals surface area contributed by atoms with Crippen molar-refractivity contribution >= 4 is 17.6 Å². The van der Waals surface area contributed by atoms with Gasteiger partial charge in [-0.15, -0.1) is 0 Å². The number of alkyl carbamates (subject to hydrolysis) is 1. The third-order valence-corrected chi connectivity index (χ3v) is 5.08. The van der Waals surface area contributed by atoms with Crippen LogP contribution in [-0.2, 0) is 4.74 Å². The summed E-state index contributed by atoms with van der Waals surface area (Å²) in [5.41, 5.74) is 1.94. The van der Waals surface area contributed by atoms with E-state index in [1.165, 1.54) is 0 Å². The van der Waals surface area contributed by atoms with Gasteiger partial charge in [0.1, 0.15) is 6.10 Å². The number of hydrogen-bond acceptors (Lipinski definition) is 6. The minimum atomic E-state index is -0.336. The zero-order valence-electron chi connectivity index (χ0n) is 15.4. The third kappa shape index (κ3) is 4.50. The summed E-state index contributed by atoms with van der Waals surface area (Å²) in [6, 6.07) is 5.77. The van der Waals surface area contributed by atoms with Crippen LogP contribution in [0.2, 0.25) is 0 Å². The molecular weight excluding hydrogens is 346 g/mol. The molecule has 3 atom stereocenters. The van der Waals surface area contributed by atoms with Crippen molar-refractivity contribution < 1.29 is 14.3 Å². The van der Waals surface area contributed by atoms with Crippen molar-refractivity contribution in [2.75, 3.05) is 11.9 Å². The number of fused-ring (bicyclic) bond motifs is 7. The van der Waals surface area contributed by atoms with Crippen LogP contribution in [0.25, 0.3) is 0 Å². The molecule has 0 spiro atoms. The van der Waals surface area contributed by atoms with E-state index < -0.39 is 0 Å². The lowest BCUT2D eigenvalue weighted by atomic mass is 10.0. The molecule has 0 saturated heterocycles. The second-order valence-corrected chi connectivity index (χ2v) is 7.25. The number of amides is 1. The lowest BCUT2D eigenvalue weighted by molar-refractivity contribution is 0.0996. The summed E-state index contributed by atoms with van der Waals surface area (Å²) in [4.78, 5) is 16.3. The van der Waals surface area contributed by atoms with Crippen molar-refractivity contribution in [3.8, 4) is 5.88 Å². The molecule has 8 heteroatoms. The van der Waals surface area contributed by atoms with Crippen molar-refractivity contribution in [1.29, 1.82) is 0 Å². The Hall–Kier alpha value is -2.77. The molecule has 1 fully saturated rings. The summed E-state index contributed by atoms with van der Waals surface area (Å²) in [5.74, 6) is 1.63. The lowest BCUT2D eigenvalue weighted by Gasteiger charge is -2.16. The van der Waals surface area contributed by atoms with E-state index in [1.54, 1.807) is 6.20 Å². The van der Waals surface area contributed by atoms with Crippen molar-refractivity contribution in [2.45, 2.75) is 57.2 Å². The van der Waals surface area contributed by atoms with Crippen LogP contribution in [0.15, 0.2) is 24.4 Å². The number of pyridine rings is 1. The molecule has 6 bridgehead atoms. The second kappa shape index (κ2) is 7.85. The van der Waals surface area contributed by atoms with Crippen LogP contribution in [-0.4, -0.2) is 40.0 Å². The minimum absolute atomic E-state index is 0.00275. The topological polar surface area (TPSA) is 101 Å². The van der Waals surface area contributed by atoms with E-state index in [0.29, 0.717) is 18.3 Å². The Morgan fingerprint density at radius 3 is 3.04 bits per heavy atom. The van der Waals surface area contributed by atoms with Crippen LogP contribution < -0.4 is 15.4 Å². The van der Waals surface area contributed by atoms with Gasteiger partial charge in [0.25, 0.3) is 0 Å². The van der Waals surface area contributed by atoms with Crippen LogP contribution in [0.4, 0.5) is 16.3 Å². The fourth-order valence-electron chi connectivity index (χ4n) is 3.68. The van der Waals surface area contributed by atoms with Crippen LogP contribution in [0.1, 0.15) is 50.6 Å². The maximum Gasteiger partial charge on any atom is 0.407 e. The van der Waals surface area contributed by atoms with Gasteiger partial charge < -0.3 is 20.1 Å². The highest BCUT2D eigenvalue weighted by Gasteiger charge is 2.30. The summed E-state index contributed by atoms with van der Waals surface area (Å²) in [5, 5.41) is 13.6. The smallest absolute Gasteiger partial charge is 0.407 e. The predicted molar refractivity (Wildman–Crippen MR) is 100 cm³/mol. The van der Waals surface area contributed by atoms with Crippen LogP contribution >= 0.6 is 0 Å². The fraction of sp³-hybridized carbons (Fsp3) is 0.526. The molecule has 0 aromatic carbocycles. The van der Waals surface area contributed by atoms with Gasteiger partial charge in [0.2, 0.25) is 5.88 Å². The molecule has 144 valence electrons. The molecule has 2 aliphatic rings. The average Bonchev–Trinajstić information content (AvgIpc) is 3.28. The fourth-order valence-corrected chi connectivity index (χ4v) is 3.68. The molecule has 0 unspecified atom stereocenters. The van der Waals surface area contributed by atoms with Gasteiger partial charge in [-0.05, 0) is 45.1 Å². The maximum atomic E-state index is 12.0. The quantitative estimate of drug-likeness (QED) is 0.655. The summed E-state index contributed by atoms with van der Waals surface area (Å²) < 4.78 is 11.4. The predicted octanol–water partition coefficient (Wildman–Crippen LogP) is 3.47. The molecule has 4 rings (SSSR count). The molecule has 8 nitrogen and oxygen atoms in total. The molecular formula is C19H25N5O3. The Labute approximate surface area is 158 Å². The van der Waals surface area contributed by atoms with Crippen molar-refractivity contribution in [1.82, 2.24) is 20.5 Å². The van der Waals surface area contributed by atoms with E-state index in [2.05, 4.69) is 25.8 Å². The first-order valence-electron chi connectivity index (χ1n) is 9.55. The van der Waals surface area contributed by atoms with Crippen molar-refractivity contribution in [2.24, 2.45) is 0 Å². The van der Waals surface area contributed by atoms with Crippen molar-refractivity contribution in [3.05, 3.63) is 30.1 Å². The van der Waals surface area contributed by atoms with Gasteiger partial charge in [-0.25, -0.2) is 9.78 Å². The number of nitrogens with zero attached hydrogens (tertiary/aromatic N) is 2. The van der Waals surface area contributed by atoms with Crippen LogP contribution in [0.5, 0.6) is 5.88 Å². The van der Waals surface area contributed by atoms with Crippen LogP contribution in [0.3, 0.4) is 0 Å². The molecule has 27 heavy (non-hydrogen) atoms. The Morgan fingerprint density at radius 2 is 2.11 bits per heavy atom. The van der Waals surface area contributed by atoms with Gasteiger partial charge in [-0.3, -0.25) is 5.10 Å². The SMILES string of the molecule is C[C@@H]1CCCNC(=O)O[C@@H]2CC[C@@H](C2)c2cc(n[nH]2)Nc2ccnc(c2)O1. The largest absolute Gasteiger partial charge is 0.475 e. The van der Waals surface area contributed by atoms with E-state index in [-0.39, 0.29) is 18.3 Å². The summed E-state index contributed by atoms with van der Waals surface area (Å²) in [6.45, 7) is 2.57. The highest BCUT2D eigenvalue weighted by Crippen LogP contribution is 2.36. The minimum Gasteiger partial charge on any atom is -0.475 e. The molecule has 1 amide bonds. The first-order valence-corrected chi connectivity index (χ1v) is 9.55. The zero-order chi connectivity index (χ0) is 18.6. The van der Waals surface area contributed by atoms with E-state index in [1.807, 2.05) is 25.1 Å². The zero-order valence-corrected chi connectivity index (χ0v) is 15.4. The summed E-state index contributed by atoms with van der Waals surface area (Å²) >= 11 is 0. The standard InChI is InChI=1S/C19H25N5O3/c1-12-3-2-7-21-19(25)27-15-5-4-13(9-15)16-11-17(24-23-16)22-14-6-8-20-18(10-14)26-12/h6,8,10-13,15H,2-5,7,9H2,1H3,(H,21,25)(H2,22,23,24)/t12-,13+,15-/m1/s1. The summed E-state index contributed by atoms with van der Waals surface area (Å²) in [7, 11) is 0. The molecule has 1 saturated carbocycles. The number of carbonyl (C=O) groups excluding carboxylic acids is 1. The van der Waals surface area contributed by atoms with Gasteiger partial charge in [0, 0.05) is 42.2 Å². The Kier molecular flexibility index (Phi) is 5.13. The molecule has 2 aromatic heterocycles. The monoisotopic (exact) mass is 371 g/mol. The molecule has 0 radical (unpaired) electrons. The maximum absolute atomic E-state index is 12.0. The lowest BCUT2D eigenvalue weighted by Crippen LogP contribution is -2.29. The van der Waals surface area contributed by atoms with Gasteiger partial charge in [-0.1, -0.05) is 0 Å². The first kappa shape index (κ1) is 17.6. The second-order valence-electron chi connectivity index (χ2n) is 7.25. The number of anilines is 2. The number of ether oxygens (including phenoxy) is 2. The number of aromatic nitrogens is 3. The highest BCUT2D eigenvalue weighted by molar-refractivity contribution is 5.67.